The summed E-state index contributed by atoms with van der Waals surface area (Å²) in [5, 5.41) is 3.24. The second kappa shape index (κ2) is 5.36. The molecule has 1 heteroatoms. The van der Waals surface area contributed by atoms with Crippen LogP contribution in [0.5, 0.6) is 0 Å². The van der Waals surface area contributed by atoms with Gasteiger partial charge >= 0.3 is 0 Å². The third-order valence-electron chi connectivity index (χ3n) is 3.30. The van der Waals surface area contributed by atoms with Gasteiger partial charge in [-0.15, -0.1) is 0 Å². The first-order valence-electron chi connectivity index (χ1n) is 6.43. The zero-order valence-corrected chi connectivity index (χ0v) is 11.7. The van der Waals surface area contributed by atoms with Gasteiger partial charge in [-0.05, 0) is 50.1 Å². The van der Waals surface area contributed by atoms with Crippen molar-refractivity contribution in [3.63, 3.8) is 0 Å². The Morgan fingerprint density at radius 3 is 2.17 bits per heavy atom. The van der Waals surface area contributed by atoms with Gasteiger partial charge in [0.1, 0.15) is 0 Å². The van der Waals surface area contributed by atoms with Gasteiger partial charge in [0.2, 0.25) is 0 Å². The Kier molecular flexibility index (Phi) is 3.83. The van der Waals surface area contributed by atoms with Crippen LogP contribution in [0.2, 0.25) is 0 Å². The fourth-order valence-corrected chi connectivity index (χ4v) is 2.40. The van der Waals surface area contributed by atoms with Gasteiger partial charge in [0.25, 0.3) is 0 Å². The topological polar surface area (TPSA) is 12.0 Å². The molecular formula is C17H21N. The van der Waals surface area contributed by atoms with E-state index in [0.29, 0.717) is 0 Å². The molecule has 2 aromatic rings. The van der Waals surface area contributed by atoms with Gasteiger partial charge in [-0.1, -0.05) is 47.5 Å². The summed E-state index contributed by atoms with van der Waals surface area (Å²) in [4.78, 5) is 0. The average Bonchev–Trinajstić information content (AvgIpc) is 2.32. The maximum absolute atomic E-state index is 3.24. The highest BCUT2D eigenvalue weighted by Gasteiger charge is 2.07. The Morgan fingerprint density at radius 1 is 0.833 bits per heavy atom. The lowest BCUT2D eigenvalue weighted by atomic mass is 9.93. The second-order valence-electron chi connectivity index (χ2n) is 5.01. The second-order valence-corrected chi connectivity index (χ2v) is 5.01. The van der Waals surface area contributed by atoms with E-state index in [2.05, 4.69) is 62.5 Å². The summed E-state index contributed by atoms with van der Waals surface area (Å²) in [5.41, 5.74) is 8.02. The van der Waals surface area contributed by atoms with E-state index in [1.54, 1.807) is 0 Å². The van der Waals surface area contributed by atoms with Crippen molar-refractivity contribution in [2.24, 2.45) is 0 Å². The third kappa shape index (κ3) is 2.62. The molecule has 0 aliphatic rings. The third-order valence-corrected chi connectivity index (χ3v) is 3.30. The molecule has 0 atom stereocenters. The Labute approximate surface area is 110 Å². The van der Waals surface area contributed by atoms with Crippen molar-refractivity contribution >= 4 is 0 Å². The molecular weight excluding hydrogens is 218 g/mol. The molecule has 18 heavy (non-hydrogen) atoms. The molecule has 0 amide bonds. The van der Waals surface area contributed by atoms with E-state index in [1.807, 2.05) is 7.05 Å². The molecule has 0 bridgehead atoms. The van der Waals surface area contributed by atoms with Crippen molar-refractivity contribution in [2.75, 3.05) is 7.05 Å². The molecule has 0 heterocycles. The number of benzene rings is 2. The van der Waals surface area contributed by atoms with Crippen LogP contribution >= 0.6 is 0 Å². The smallest absolute Gasteiger partial charge is 0.0208 e. The first kappa shape index (κ1) is 12.8. The van der Waals surface area contributed by atoms with Crippen molar-refractivity contribution in [3.8, 4) is 11.1 Å². The van der Waals surface area contributed by atoms with Crippen LogP contribution in [0.15, 0.2) is 36.4 Å². The van der Waals surface area contributed by atoms with Gasteiger partial charge in [-0.2, -0.15) is 0 Å². The molecule has 0 radical (unpaired) electrons. The quantitative estimate of drug-likeness (QED) is 0.853. The largest absolute Gasteiger partial charge is 0.316 e. The summed E-state index contributed by atoms with van der Waals surface area (Å²) in [6, 6.07) is 13.4. The molecule has 0 aromatic heterocycles. The van der Waals surface area contributed by atoms with Crippen LogP contribution in [0.1, 0.15) is 22.3 Å². The predicted molar refractivity (Wildman–Crippen MR) is 78.9 cm³/mol. The van der Waals surface area contributed by atoms with Gasteiger partial charge in [-0.3, -0.25) is 0 Å². The van der Waals surface area contributed by atoms with Crippen LogP contribution in [0.4, 0.5) is 0 Å². The van der Waals surface area contributed by atoms with Crippen LogP contribution in [0.25, 0.3) is 11.1 Å². The van der Waals surface area contributed by atoms with Crippen molar-refractivity contribution in [1.29, 1.82) is 0 Å². The first-order chi connectivity index (χ1) is 8.61. The number of hydrogen-bond donors (Lipinski definition) is 1. The van der Waals surface area contributed by atoms with Crippen molar-refractivity contribution < 1.29 is 0 Å². The summed E-state index contributed by atoms with van der Waals surface area (Å²) < 4.78 is 0. The van der Waals surface area contributed by atoms with E-state index in [9.17, 15) is 0 Å². The maximum Gasteiger partial charge on any atom is 0.0208 e. The summed E-state index contributed by atoms with van der Waals surface area (Å²) in [6.07, 6.45) is 0. The summed E-state index contributed by atoms with van der Waals surface area (Å²) in [5.74, 6) is 0. The van der Waals surface area contributed by atoms with Crippen LogP contribution in [-0.4, -0.2) is 7.05 Å². The minimum absolute atomic E-state index is 0.906. The highest BCUT2D eigenvalue weighted by atomic mass is 14.8. The zero-order chi connectivity index (χ0) is 13.1. The predicted octanol–water partition coefficient (Wildman–Crippen LogP) is 4.00. The molecule has 0 aliphatic carbocycles. The average molecular weight is 239 g/mol. The summed E-state index contributed by atoms with van der Waals surface area (Å²) in [7, 11) is 1.99. The SMILES string of the molecule is CNCc1ccc(C)cc1-c1ccc(C)cc1C. The number of aryl methyl sites for hydroxylation is 3. The fourth-order valence-electron chi connectivity index (χ4n) is 2.40. The molecule has 0 saturated carbocycles. The van der Waals surface area contributed by atoms with Crippen molar-refractivity contribution in [2.45, 2.75) is 27.3 Å². The molecule has 1 nitrogen and oxygen atoms in total. The molecule has 2 rings (SSSR count). The molecule has 1 N–H and O–H groups in total. The van der Waals surface area contributed by atoms with E-state index in [0.717, 1.165) is 6.54 Å². The lowest BCUT2D eigenvalue weighted by molar-refractivity contribution is 0.819. The minimum Gasteiger partial charge on any atom is -0.316 e. The van der Waals surface area contributed by atoms with Crippen LogP contribution in [0.3, 0.4) is 0 Å². The molecule has 0 unspecified atom stereocenters. The molecule has 0 spiro atoms. The van der Waals surface area contributed by atoms with Crippen molar-refractivity contribution in [1.82, 2.24) is 5.32 Å². The Bertz CT molecular complexity index is 556. The first-order valence-corrected chi connectivity index (χ1v) is 6.43. The number of rotatable bonds is 3. The van der Waals surface area contributed by atoms with Gasteiger partial charge < -0.3 is 5.32 Å². The van der Waals surface area contributed by atoms with E-state index in [1.165, 1.54) is 33.4 Å². The molecule has 2 aromatic carbocycles. The minimum atomic E-state index is 0.906. The number of hydrogen-bond acceptors (Lipinski definition) is 1. The van der Waals surface area contributed by atoms with Gasteiger partial charge in [0, 0.05) is 6.54 Å². The summed E-state index contributed by atoms with van der Waals surface area (Å²) >= 11 is 0. The fraction of sp³-hybridized carbons (Fsp3) is 0.294. The van der Waals surface area contributed by atoms with E-state index >= 15 is 0 Å². The van der Waals surface area contributed by atoms with Crippen LogP contribution in [-0.2, 0) is 6.54 Å². The lowest BCUT2D eigenvalue weighted by Gasteiger charge is -2.13. The molecule has 0 fully saturated rings. The molecule has 0 aliphatic heterocycles. The molecule has 94 valence electrons. The van der Waals surface area contributed by atoms with Gasteiger partial charge in [0.05, 0.1) is 0 Å². The van der Waals surface area contributed by atoms with Crippen molar-refractivity contribution in [3.05, 3.63) is 58.7 Å². The Balaban J connectivity index is 2.57. The highest BCUT2D eigenvalue weighted by Crippen LogP contribution is 2.28. The number of nitrogens with one attached hydrogen (secondary N) is 1. The van der Waals surface area contributed by atoms with Crippen LogP contribution in [0, 0.1) is 20.8 Å². The van der Waals surface area contributed by atoms with E-state index in [-0.39, 0.29) is 0 Å². The molecule has 0 saturated heterocycles. The van der Waals surface area contributed by atoms with E-state index in [4.69, 9.17) is 0 Å². The standard InChI is InChI=1S/C17H21N/c1-12-6-8-16(14(3)9-12)17-10-13(2)5-7-15(17)11-18-4/h5-10,18H,11H2,1-4H3. The van der Waals surface area contributed by atoms with Crippen LogP contribution < -0.4 is 5.32 Å². The maximum atomic E-state index is 3.24. The normalized spacial score (nSPS) is 10.7. The van der Waals surface area contributed by atoms with Gasteiger partial charge in [0.15, 0.2) is 0 Å². The van der Waals surface area contributed by atoms with Gasteiger partial charge in [-0.25, -0.2) is 0 Å². The zero-order valence-electron chi connectivity index (χ0n) is 11.7. The monoisotopic (exact) mass is 239 g/mol. The van der Waals surface area contributed by atoms with E-state index < -0.39 is 0 Å². The Hall–Kier alpha value is -1.60. The Morgan fingerprint density at radius 2 is 1.50 bits per heavy atom. The highest BCUT2D eigenvalue weighted by molar-refractivity contribution is 5.71. The lowest BCUT2D eigenvalue weighted by Crippen LogP contribution is -2.06. The summed E-state index contributed by atoms with van der Waals surface area (Å²) in [6.45, 7) is 7.38.